The lowest BCUT2D eigenvalue weighted by Crippen LogP contribution is -2.40. The first-order valence-electron chi connectivity index (χ1n) is 10.2. The van der Waals surface area contributed by atoms with Gasteiger partial charge in [-0.15, -0.1) is 0 Å². The summed E-state index contributed by atoms with van der Waals surface area (Å²) in [7, 11) is 0. The quantitative estimate of drug-likeness (QED) is 0.880. The molecule has 1 N–H and O–H groups in total. The maximum Gasteiger partial charge on any atom is 0.274 e. The molecule has 1 aromatic carbocycles. The first kappa shape index (κ1) is 18.7. The minimum Gasteiger partial charge on any atom is -0.339 e. The number of anilines is 3. The molecule has 0 unspecified atom stereocenters. The lowest BCUT2D eigenvalue weighted by molar-refractivity contribution is -0.119. The van der Waals surface area contributed by atoms with E-state index in [4.69, 9.17) is 0 Å². The van der Waals surface area contributed by atoms with Gasteiger partial charge in [0.15, 0.2) is 0 Å². The number of benzene rings is 1. The van der Waals surface area contributed by atoms with Gasteiger partial charge in [-0.3, -0.25) is 19.4 Å². The third-order valence-electron chi connectivity index (χ3n) is 6.00. The number of hydrogen-bond acceptors (Lipinski definition) is 3. The highest BCUT2D eigenvalue weighted by Gasteiger charge is 2.35. The summed E-state index contributed by atoms with van der Waals surface area (Å²) in [5.74, 6) is -0.141. The van der Waals surface area contributed by atoms with Crippen molar-refractivity contribution in [1.29, 1.82) is 0 Å². The Bertz CT molecular complexity index is 925. The Labute approximate surface area is 166 Å². The normalized spacial score (nSPS) is 17.0. The second-order valence-corrected chi connectivity index (χ2v) is 7.69. The molecule has 0 bridgehead atoms. The first-order chi connectivity index (χ1) is 13.5. The number of nitrogens with zero attached hydrogens (tertiary/aromatic N) is 3. The van der Waals surface area contributed by atoms with Crippen LogP contribution in [0.4, 0.5) is 17.1 Å². The fraction of sp³-hybridized carbons (Fsp3) is 0.455. The van der Waals surface area contributed by atoms with Crippen molar-refractivity contribution in [2.24, 2.45) is 0 Å². The first-order valence-corrected chi connectivity index (χ1v) is 10.2. The predicted octanol–water partition coefficient (Wildman–Crippen LogP) is 3.84. The minimum atomic E-state index is -0.159. The van der Waals surface area contributed by atoms with Gasteiger partial charge in [-0.05, 0) is 64.4 Å². The minimum absolute atomic E-state index is 0.0171. The maximum atomic E-state index is 13.5. The molecule has 0 atom stereocenters. The highest BCUT2D eigenvalue weighted by molar-refractivity contribution is 6.18. The molecule has 1 aromatic heterocycles. The topological polar surface area (TPSA) is 57.6 Å². The SMILES string of the molecule is CCn1c(C)c(C)c2c1C(=O)Nc1ccccc1N2C(=O)CN1CCCCC1. The summed E-state index contributed by atoms with van der Waals surface area (Å²) < 4.78 is 2.01. The number of aromatic nitrogens is 1. The molecule has 6 nitrogen and oxygen atoms in total. The van der Waals surface area contributed by atoms with Crippen LogP contribution in [0, 0.1) is 13.8 Å². The molecule has 0 spiro atoms. The molecule has 0 radical (unpaired) electrons. The Morgan fingerprint density at radius 2 is 1.82 bits per heavy atom. The summed E-state index contributed by atoms with van der Waals surface area (Å²) >= 11 is 0. The third-order valence-corrected chi connectivity index (χ3v) is 6.00. The predicted molar refractivity (Wildman–Crippen MR) is 111 cm³/mol. The van der Waals surface area contributed by atoms with Crippen molar-refractivity contribution in [3.05, 3.63) is 41.2 Å². The molecule has 1 saturated heterocycles. The van der Waals surface area contributed by atoms with Crippen LogP contribution < -0.4 is 10.2 Å². The molecule has 1 fully saturated rings. The van der Waals surface area contributed by atoms with E-state index in [0.717, 1.165) is 48.6 Å². The Kier molecular flexibility index (Phi) is 4.98. The molecule has 0 saturated carbocycles. The Balaban J connectivity index is 1.85. The van der Waals surface area contributed by atoms with E-state index in [1.807, 2.05) is 49.6 Å². The summed E-state index contributed by atoms with van der Waals surface area (Å²) in [6.07, 6.45) is 3.51. The van der Waals surface area contributed by atoms with Gasteiger partial charge in [-0.2, -0.15) is 0 Å². The maximum absolute atomic E-state index is 13.5. The molecule has 6 heteroatoms. The van der Waals surface area contributed by atoms with Crippen LogP contribution in [0.5, 0.6) is 0 Å². The lowest BCUT2D eigenvalue weighted by atomic mass is 10.1. The van der Waals surface area contributed by atoms with E-state index >= 15 is 0 Å². The second-order valence-electron chi connectivity index (χ2n) is 7.69. The lowest BCUT2D eigenvalue weighted by Gasteiger charge is -2.30. The largest absolute Gasteiger partial charge is 0.339 e. The molecule has 2 aromatic rings. The van der Waals surface area contributed by atoms with E-state index in [1.54, 1.807) is 4.90 Å². The van der Waals surface area contributed by atoms with Crippen LogP contribution in [0.2, 0.25) is 0 Å². The zero-order valence-electron chi connectivity index (χ0n) is 16.9. The summed E-state index contributed by atoms with van der Waals surface area (Å²) in [6, 6.07) is 7.57. The van der Waals surface area contributed by atoms with Crippen LogP contribution in [0.1, 0.15) is 47.9 Å². The van der Waals surface area contributed by atoms with Crippen molar-refractivity contribution >= 4 is 28.9 Å². The van der Waals surface area contributed by atoms with Crippen LogP contribution in [-0.4, -0.2) is 40.9 Å². The number of rotatable bonds is 3. The average molecular weight is 380 g/mol. The molecular formula is C22H28N4O2. The highest BCUT2D eigenvalue weighted by atomic mass is 16.2. The van der Waals surface area contributed by atoms with E-state index in [-0.39, 0.29) is 11.8 Å². The van der Waals surface area contributed by atoms with Gasteiger partial charge in [0.05, 0.1) is 23.6 Å². The van der Waals surface area contributed by atoms with Gasteiger partial charge in [0.1, 0.15) is 5.69 Å². The standard InChI is InChI=1S/C22H28N4O2/c1-4-25-16(3)15(2)20-21(25)22(28)23-17-10-6-7-11-18(17)26(20)19(27)14-24-12-8-5-9-13-24/h6-7,10-11H,4-5,8-9,12-14H2,1-3H3,(H,23,28). The number of carbonyl (C=O) groups excluding carboxylic acids is 2. The Hall–Kier alpha value is -2.60. The van der Waals surface area contributed by atoms with Crippen molar-refractivity contribution in [2.75, 3.05) is 29.9 Å². The van der Waals surface area contributed by atoms with Gasteiger partial charge >= 0.3 is 0 Å². The molecule has 4 rings (SSSR count). The molecule has 2 amide bonds. The number of hydrogen-bond donors (Lipinski definition) is 1. The molecule has 148 valence electrons. The molecule has 2 aliphatic rings. The van der Waals surface area contributed by atoms with Crippen molar-refractivity contribution in [1.82, 2.24) is 9.47 Å². The van der Waals surface area contributed by atoms with Gasteiger partial charge in [-0.1, -0.05) is 18.6 Å². The second kappa shape index (κ2) is 7.43. The van der Waals surface area contributed by atoms with Crippen molar-refractivity contribution < 1.29 is 9.59 Å². The summed E-state index contributed by atoms with van der Waals surface area (Å²) in [5, 5.41) is 3.02. The van der Waals surface area contributed by atoms with Gasteiger partial charge in [0.2, 0.25) is 5.91 Å². The average Bonchev–Trinajstić information content (AvgIpc) is 2.86. The van der Waals surface area contributed by atoms with E-state index in [9.17, 15) is 9.59 Å². The summed E-state index contributed by atoms with van der Waals surface area (Å²) in [5.41, 5.74) is 4.72. The monoisotopic (exact) mass is 380 g/mol. The number of fused-ring (bicyclic) bond motifs is 2. The van der Waals surface area contributed by atoms with Gasteiger partial charge < -0.3 is 9.88 Å². The number of para-hydroxylation sites is 2. The molecule has 28 heavy (non-hydrogen) atoms. The van der Waals surface area contributed by atoms with E-state index in [0.29, 0.717) is 24.5 Å². The van der Waals surface area contributed by atoms with Gasteiger partial charge in [0, 0.05) is 12.2 Å². The third kappa shape index (κ3) is 3.02. The van der Waals surface area contributed by atoms with Crippen molar-refractivity contribution in [3.8, 4) is 0 Å². The van der Waals surface area contributed by atoms with Crippen molar-refractivity contribution in [2.45, 2.75) is 46.6 Å². The Morgan fingerprint density at radius 1 is 1.11 bits per heavy atom. The van der Waals surface area contributed by atoms with E-state index in [1.165, 1.54) is 6.42 Å². The number of likely N-dealkylation sites (tertiary alicyclic amines) is 1. The number of carbonyl (C=O) groups is 2. The van der Waals surface area contributed by atoms with Crippen molar-refractivity contribution in [3.63, 3.8) is 0 Å². The molecular weight excluding hydrogens is 352 g/mol. The zero-order chi connectivity index (χ0) is 19.8. The molecule has 3 heterocycles. The van der Waals surface area contributed by atoms with Gasteiger partial charge in [-0.25, -0.2) is 0 Å². The zero-order valence-corrected chi connectivity index (χ0v) is 16.9. The van der Waals surface area contributed by atoms with Crippen LogP contribution in [0.3, 0.4) is 0 Å². The van der Waals surface area contributed by atoms with Gasteiger partial charge in [0.25, 0.3) is 5.91 Å². The van der Waals surface area contributed by atoms with Crippen LogP contribution in [0.15, 0.2) is 24.3 Å². The summed E-state index contributed by atoms with van der Waals surface area (Å²) in [4.78, 5) is 30.6. The molecule has 0 aliphatic carbocycles. The smallest absolute Gasteiger partial charge is 0.274 e. The summed E-state index contributed by atoms with van der Waals surface area (Å²) in [6.45, 7) is 9.01. The van der Waals surface area contributed by atoms with Crippen LogP contribution in [-0.2, 0) is 11.3 Å². The fourth-order valence-corrected chi connectivity index (χ4v) is 4.46. The highest BCUT2D eigenvalue weighted by Crippen LogP contribution is 2.42. The van der Waals surface area contributed by atoms with E-state index < -0.39 is 0 Å². The van der Waals surface area contributed by atoms with Crippen LogP contribution >= 0.6 is 0 Å². The fourth-order valence-electron chi connectivity index (χ4n) is 4.46. The molecule has 2 aliphatic heterocycles. The number of nitrogens with one attached hydrogen (secondary N) is 1. The number of piperidine rings is 1. The number of amides is 2. The van der Waals surface area contributed by atoms with E-state index in [2.05, 4.69) is 10.2 Å². The Morgan fingerprint density at radius 3 is 2.54 bits per heavy atom. The van der Waals surface area contributed by atoms with Crippen LogP contribution in [0.25, 0.3) is 0 Å².